The molecule has 1 heterocycles. The van der Waals surface area contributed by atoms with Gasteiger partial charge in [0.25, 0.3) is 5.91 Å². The number of nitrogens with zero attached hydrogens (tertiary/aromatic N) is 1. The predicted octanol–water partition coefficient (Wildman–Crippen LogP) is 3.18. The third-order valence-electron chi connectivity index (χ3n) is 4.17. The van der Waals surface area contributed by atoms with Gasteiger partial charge in [-0.15, -0.1) is 0 Å². The van der Waals surface area contributed by atoms with Crippen LogP contribution in [0.25, 0.3) is 0 Å². The lowest BCUT2D eigenvalue weighted by atomic mass is 10.1. The van der Waals surface area contributed by atoms with Crippen molar-refractivity contribution in [2.24, 2.45) is 0 Å². The summed E-state index contributed by atoms with van der Waals surface area (Å²) in [5.41, 5.74) is 5.78. The van der Waals surface area contributed by atoms with Crippen LogP contribution in [0.5, 0.6) is 0 Å². The minimum atomic E-state index is -1.16. The van der Waals surface area contributed by atoms with E-state index in [-0.39, 0.29) is 21.4 Å². The molecule has 31 heavy (non-hydrogen) atoms. The zero-order valence-corrected chi connectivity index (χ0v) is 16.8. The molecule has 0 aliphatic carbocycles. The van der Waals surface area contributed by atoms with E-state index in [0.29, 0.717) is 5.69 Å². The number of thiazole rings is 1. The molecule has 0 fully saturated rings. The molecule has 0 saturated heterocycles. The minimum Gasteiger partial charge on any atom is -0.480 e. The molecule has 8 nitrogen and oxygen atoms in total. The summed E-state index contributed by atoms with van der Waals surface area (Å²) < 4.78 is 27.8. The van der Waals surface area contributed by atoms with Gasteiger partial charge in [0.2, 0.25) is 5.78 Å². The first kappa shape index (κ1) is 21.8. The first-order valence-electron chi connectivity index (χ1n) is 8.83. The first-order chi connectivity index (χ1) is 14.7. The third kappa shape index (κ3) is 4.83. The number of benzene rings is 2. The molecule has 1 atom stereocenters. The van der Waals surface area contributed by atoms with E-state index in [1.807, 2.05) is 0 Å². The smallest absolute Gasteiger partial charge is 0.325 e. The van der Waals surface area contributed by atoms with E-state index < -0.39 is 40.9 Å². The van der Waals surface area contributed by atoms with Crippen molar-refractivity contribution in [3.8, 4) is 0 Å². The molecular formula is C20H16F2N4O4S. The highest BCUT2D eigenvalue weighted by Crippen LogP contribution is 2.31. The van der Waals surface area contributed by atoms with E-state index in [9.17, 15) is 23.2 Å². The van der Waals surface area contributed by atoms with Crippen LogP contribution in [0.1, 0.15) is 32.5 Å². The van der Waals surface area contributed by atoms with Crippen molar-refractivity contribution in [2.75, 3.05) is 11.1 Å². The average molecular weight is 446 g/mol. The molecule has 0 aliphatic rings. The number of rotatable bonds is 7. The van der Waals surface area contributed by atoms with Gasteiger partial charge in [-0.3, -0.25) is 14.4 Å². The monoisotopic (exact) mass is 446 g/mol. The highest BCUT2D eigenvalue weighted by molar-refractivity contribution is 7.18. The Balaban J connectivity index is 1.75. The Morgan fingerprint density at radius 1 is 1.10 bits per heavy atom. The summed E-state index contributed by atoms with van der Waals surface area (Å²) in [7, 11) is 0. The highest BCUT2D eigenvalue weighted by Gasteiger charge is 2.24. The Hall–Kier alpha value is -3.86. The number of halogens is 2. The van der Waals surface area contributed by atoms with Gasteiger partial charge in [-0.25, -0.2) is 13.8 Å². The molecule has 11 heteroatoms. The maximum Gasteiger partial charge on any atom is 0.325 e. The number of carboxylic acids is 1. The van der Waals surface area contributed by atoms with E-state index in [1.165, 1.54) is 31.2 Å². The topological polar surface area (TPSA) is 134 Å². The Labute approximate surface area is 178 Å². The van der Waals surface area contributed by atoms with Crippen molar-refractivity contribution >= 4 is 45.6 Å². The normalized spacial score (nSPS) is 11.6. The summed E-state index contributed by atoms with van der Waals surface area (Å²) in [6.07, 6.45) is 0. The van der Waals surface area contributed by atoms with Crippen LogP contribution >= 0.6 is 11.3 Å². The van der Waals surface area contributed by atoms with Gasteiger partial charge in [-0.2, -0.15) is 0 Å². The number of anilines is 3. The first-order valence-corrected chi connectivity index (χ1v) is 9.64. The molecule has 0 unspecified atom stereocenters. The molecule has 2 aromatic carbocycles. The fraction of sp³-hybridized carbons (Fsp3) is 0.100. The fourth-order valence-electron chi connectivity index (χ4n) is 2.55. The van der Waals surface area contributed by atoms with Gasteiger partial charge in [0.05, 0.1) is 5.56 Å². The molecule has 1 amide bonds. The van der Waals surface area contributed by atoms with Crippen molar-refractivity contribution < 1.29 is 28.3 Å². The third-order valence-corrected chi connectivity index (χ3v) is 5.15. The highest BCUT2D eigenvalue weighted by atomic mass is 32.1. The molecule has 160 valence electrons. The maximum atomic E-state index is 13.9. The number of nitrogens with two attached hydrogens (primary N) is 1. The average Bonchev–Trinajstić information content (AvgIpc) is 3.08. The molecule has 0 aliphatic heterocycles. The van der Waals surface area contributed by atoms with Gasteiger partial charge in [0, 0.05) is 11.3 Å². The second-order valence-corrected chi connectivity index (χ2v) is 7.39. The summed E-state index contributed by atoms with van der Waals surface area (Å²) in [5, 5.41) is 14.3. The molecule has 3 rings (SSSR count). The second-order valence-electron chi connectivity index (χ2n) is 6.39. The number of aromatic nitrogens is 1. The van der Waals surface area contributed by atoms with E-state index in [1.54, 1.807) is 0 Å². The van der Waals surface area contributed by atoms with Gasteiger partial charge in [0.15, 0.2) is 5.13 Å². The van der Waals surface area contributed by atoms with E-state index >= 15 is 0 Å². The molecule has 0 radical (unpaired) electrons. The van der Waals surface area contributed by atoms with Crippen LogP contribution in [0, 0.1) is 11.6 Å². The number of carbonyl (C=O) groups is 3. The van der Waals surface area contributed by atoms with Crippen LogP contribution in [0.3, 0.4) is 0 Å². The molecule has 3 aromatic rings. The van der Waals surface area contributed by atoms with E-state index in [2.05, 4.69) is 15.6 Å². The van der Waals surface area contributed by atoms with Gasteiger partial charge in [-0.1, -0.05) is 17.4 Å². The number of hydrogen-bond donors (Lipinski definition) is 4. The van der Waals surface area contributed by atoms with Gasteiger partial charge >= 0.3 is 5.97 Å². The maximum absolute atomic E-state index is 13.9. The number of hydrogen-bond acceptors (Lipinski definition) is 7. The lowest BCUT2D eigenvalue weighted by Crippen LogP contribution is -2.38. The quantitative estimate of drug-likeness (QED) is 0.410. The summed E-state index contributed by atoms with van der Waals surface area (Å²) >= 11 is 0.822. The molecule has 0 saturated carbocycles. The van der Waals surface area contributed by atoms with Crippen LogP contribution in [-0.2, 0) is 4.79 Å². The number of carbonyl (C=O) groups excluding carboxylic acids is 2. The molecule has 5 N–H and O–H groups in total. The Bertz CT molecular complexity index is 1140. The van der Waals surface area contributed by atoms with Crippen molar-refractivity contribution in [1.29, 1.82) is 0 Å². The summed E-state index contributed by atoms with van der Waals surface area (Å²) in [6.45, 7) is 1.34. The summed E-state index contributed by atoms with van der Waals surface area (Å²) in [4.78, 5) is 39.3. The van der Waals surface area contributed by atoms with Crippen molar-refractivity contribution in [3.63, 3.8) is 0 Å². The lowest BCUT2D eigenvalue weighted by Gasteiger charge is -2.09. The van der Waals surface area contributed by atoms with Crippen molar-refractivity contribution in [3.05, 3.63) is 70.1 Å². The minimum absolute atomic E-state index is 0.120. The molecule has 0 spiro atoms. The van der Waals surface area contributed by atoms with Crippen molar-refractivity contribution in [2.45, 2.75) is 13.0 Å². The summed E-state index contributed by atoms with van der Waals surface area (Å²) in [5.74, 6) is -4.82. The van der Waals surface area contributed by atoms with Crippen LogP contribution in [0.4, 0.5) is 25.4 Å². The number of nitrogen functional groups attached to an aromatic ring is 1. The van der Waals surface area contributed by atoms with Crippen LogP contribution in [0.15, 0.2) is 42.5 Å². The second kappa shape index (κ2) is 8.88. The van der Waals surface area contributed by atoms with Crippen molar-refractivity contribution in [1.82, 2.24) is 10.3 Å². The number of carboxylic acid groups (broad SMARTS) is 1. The molecule has 0 bridgehead atoms. The largest absolute Gasteiger partial charge is 0.480 e. The number of nitrogens with one attached hydrogen (secondary N) is 2. The predicted molar refractivity (Wildman–Crippen MR) is 111 cm³/mol. The van der Waals surface area contributed by atoms with Gasteiger partial charge in [0.1, 0.15) is 28.4 Å². The standard InChI is InChI=1S/C20H16F2N4O4S/c1-9(19(29)30)24-18(28)10-5-7-11(8-6-10)25-20-26-17(23)16(31-20)15(27)14-12(21)3-2-4-13(14)22/h2-9H,23H2,1H3,(H,24,28)(H,25,26)(H,29,30)/t9-/m1/s1. The Kier molecular flexibility index (Phi) is 6.25. The number of aliphatic carboxylic acids is 1. The molecule has 1 aromatic heterocycles. The van der Waals surface area contributed by atoms with Crippen LogP contribution < -0.4 is 16.4 Å². The van der Waals surface area contributed by atoms with Crippen LogP contribution in [0.2, 0.25) is 0 Å². The number of ketones is 1. The Morgan fingerprint density at radius 3 is 2.29 bits per heavy atom. The fourth-order valence-corrected chi connectivity index (χ4v) is 3.40. The van der Waals surface area contributed by atoms with E-state index in [4.69, 9.17) is 10.8 Å². The lowest BCUT2D eigenvalue weighted by molar-refractivity contribution is -0.138. The SMILES string of the molecule is C[C@@H](NC(=O)c1ccc(Nc2nc(N)c(C(=O)c3c(F)cccc3F)s2)cc1)C(=O)O. The van der Waals surface area contributed by atoms with Crippen LogP contribution in [-0.4, -0.2) is 33.8 Å². The zero-order chi connectivity index (χ0) is 22.7. The molecular weight excluding hydrogens is 430 g/mol. The van der Waals surface area contributed by atoms with Gasteiger partial charge in [-0.05, 0) is 43.3 Å². The zero-order valence-electron chi connectivity index (χ0n) is 16.0. The number of amides is 1. The Morgan fingerprint density at radius 2 is 1.71 bits per heavy atom. The van der Waals surface area contributed by atoms with Gasteiger partial charge < -0.3 is 21.5 Å². The van der Waals surface area contributed by atoms with E-state index in [0.717, 1.165) is 29.5 Å². The summed E-state index contributed by atoms with van der Waals surface area (Å²) in [6, 6.07) is 8.05.